The standard InChI is InChI=1S/C17H21N3O3/c1-12-4-6-13(7-5-12)17-19-16(23-20-17)9-8-15(21)18-11-14-3-2-10-22-14/h4-7,14H,2-3,8-11H2,1H3,(H,18,21)/t14-/m0/s1. The van der Waals surface area contributed by atoms with E-state index in [2.05, 4.69) is 15.5 Å². The average Bonchev–Trinajstić information content (AvgIpc) is 3.23. The topological polar surface area (TPSA) is 77.2 Å². The Morgan fingerprint density at radius 1 is 1.35 bits per heavy atom. The lowest BCUT2D eigenvalue weighted by atomic mass is 10.1. The Labute approximate surface area is 135 Å². The van der Waals surface area contributed by atoms with Crippen LogP contribution in [0.2, 0.25) is 0 Å². The summed E-state index contributed by atoms with van der Waals surface area (Å²) in [7, 11) is 0. The third-order valence-corrected chi connectivity index (χ3v) is 3.89. The summed E-state index contributed by atoms with van der Waals surface area (Å²) >= 11 is 0. The number of carbonyl (C=O) groups is 1. The van der Waals surface area contributed by atoms with E-state index in [9.17, 15) is 4.79 Å². The smallest absolute Gasteiger partial charge is 0.227 e. The van der Waals surface area contributed by atoms with Crippen molar-refractivity contribution in [1.29, 1.82) is 0 Å². The van der Waals surface area contributed by atoms with E-state index < -0.39 is 0 Å². The minimum Gasteiger partial charge on any atom is -0.376 e. The van der Waals surface area contributed by atoms with Crippen LogP contribution < -0.4 is 5.32 Å². The van der Waals surface area contributed by atoms with Crippen molar-refractivity contribution in [2.75, 3.05) is 13.2 Å². The second-order valence-electron chi connectivity index (χ2n) is 5.82. The molecule has 0 spiro atoms. The van der Waals surface area contributed by atoms with Crippen molar-refractivity contribution in [1.82, 2.24) is 15.5 Å². The van der Waals surface area contributed by atoms with Gasteiger partial charge in [0, 0.05) is 31.6 Å². The first-order chi connectivity index (χ1) is 11.2. The van der Waals surface area contributed by atoms with Crippen LogP contribution in [0.1, 0.15) is 30.7 Å². The van der Waals surface area contributed by atoms with E-state index in [1.165, 1.54) is 5.56 Å². The summed E-state index contributed by atoms with van der Waals surface area (Å²) in [6.45, 7) is 3.41. The van der Waals surface area contributed by atoms with Gasteiger partial charge in [0.25, 0.3) is 0 Å². The molecule has 122 valence electrons. The molecule has 1 N–H and O–H groups in total. The van der Waals surface area contributed by atoms with Gasteiger partial charge in [0.2, 0.25) is 17.6 Å². The molecular weight excluding hydrogens is 294 g/mol. The van der Waals surface area contributed by atoms with Crippen LogP contribution in [0.5, 0.6) is 0 Å². The van der Waals surface area contributed by atoms with Gasteiger partial charge in [-0.15, -0.1) is 0 Å². The number of benzene rings is 1. The van der Waals surface area contributed by atoms with E-state index in [1.807, 2.05) is 31.2 Å². The molecule has 1 aromatic carbocycles. The summed E-state index contributed by atoms with van der Waals surface area (Å²) in [5.74, 6) is 1.02. The lowest BCUT2D eigenvalue weighted by Gasteiger charge is -2.09. The highest BCUT2D eigenvalue weighted by Gasteiger charge is 2.16. The van der Waals surface area contributed by atoms with E-state index in [0.29, 0.717) is 31.1 Å². The fourth-order valence-corrected chi connectivity index (χ4v) is 2.52. The van der Waals surface area contributed by atoms with E-state index in [4.69, 9.17) is 9.26 Å². The highest BCUT2D eigenvalue weighted by atomic mass is 16.5. The molecule has 1 fully saturated rings. The zero-order valence-corrected chi connectivity index (χ0v) is 13.2. The number of aryl methyl sites for hydroxylation is 2. The molecule has 0 radical (unpaired) electrons. The Morgan fingerprint density at radius 2 is 2.17 bits per heavy atom. The van der Waals surface area contributed by atoms with Crippen molar-refractivity contribution in [2.24, 2.45) is 0 Å². The summed E-state index contributed by atoms with van der Waals surface area (Å²) < 4.78 is 10.7. The van der Waals surface area contributed by atoms with Crippen molar-refractivity contribution in [3.63, 3.8) is 0 Å². The first-order valence-corrected chi connectivity index (χ1v) is 7.98. The van der Waals surface area contributed by atoms with Gasteiger partial charge in [0.15, 0.2) is 0 Å². The number of nitrogens with zero attached hydrogens (tertiary/aromatic N) is 2. The second-order valence-corrected chi connectivity index (χ2v) is 5.82. The second kappa shape index (κ2) is 7.37. The van der Waals surface area contributed by atoms with Gasteiger partial charge in [-0.2, -0.15) is 4.98 Å². The number of amides is 1. The van der Waals surface area contributed by atoms with E-state index in [-0.39, 0.29) is 12.0 Å². The van der Waals surface area contributed by atoms with Gasteiger partial charge in [-0.05, 0) is 19.8 Å². The van der Waals surface area contributed by atoms with Gasteiger partial charge >= 0.3 is 0 Å². The minimum atomic E-state index is -0.0180. The molecule has 3 rings (SSSR count). The van der Waals surface area contributed by atoms with E-state index in [0.717, 1.165) is 25.0 Å². The Bertz CT molecular complexity index is 645. The maximum atomic E-state index is 11.8. The zero-order valence-electron chi connectivity index (χ0n) is 13.2. The Balaban J connectivity index is 1.47. The summed E-state index contributed by atoms with van der Waals surface area (Å²) in [4.78, 5) is 16.2. The molecule has 1 aromatic heterocycles. The van der Waals surface area contributed by atoms with Crippen LogP contribution in [0.4, 0.5) is 0 Å². The first kappa shape index (κ1) is 15.7. The lowest BCUT2D eigenvalue weighted by Crippen LogP contribution is -2.31. The van der Waals surface area contributed by atoms with Gasteiger partial charge < -0.3 is 14.6 Å². The van der Waals surface area contributed by atoms with Crippen LogP contribution in [0.25, 0.3) is 11.4 Å². The molecule has 1 aliphatic rings. The van der Waals surface area contributed by atoms with Gasteiger partial charge in [0.05, 0.1) is 6.10 Å². The molecular formula is C17H21N3O3. The maximum Gasteiger partial charge on any atom is 0.227 e. The van der Waals surface area contributed by atoms with Crippen molar-refractivity contribution < 1.29 is 14.1 Å². The lowest BCUT2D eigenvalue weighted by molar-refractivity contribution is -0.121. The summed E-state index contributed by atoms with van der Waals surface area (Å²) in [6, 6.07) is 7.92. The molecule has 2 aromatic rings. The largest absolute Gasteiger partial charge is 0.376 e. The zero-order chi connectivity index (χ0) is 16.1. The van der Waals surface area contributed by atoms with Crippen molar-refractivity contribution in [3.05, 3.63) is 35.7 Å². The van der Waals surface area contributed by atoms with Crippen LogP contribution in [0.3, 0.4) is 0 Å². The van der Waals surface area contributed by atoms with Gasteiger partial charge in [-0.25, -0.2) is 0 Å². The molecule has 1 saturated heterocycles. The van der Waals surface area contributed by atoms with Crippen molar-refractivity contribution in [3.8, 4) is 11.4 Å². The molecule has 1 atom stereocenters. The number of ether oxygens (including phenoxy) is 1. The Morgan fingerprint density at radius 3 is 2.91 bits per heavy atom. The molecule has 1 amide bonds. The number of hydrogen-bond donors (Lipinski definition) is 1. The molecule has 0 unspecified atom stereocenters. The quantitative estimate of drug-likeness (QED) is 0.885. The predicted octanol–water partition coefficient (Wildman–Crippen LogP) is 2.27. The third kappa shape index (κ3) is 4.39. The molecule has 6 nitrogen and oxygen atoms in total. The molecule has 6 heteroatoms. The predicted molar refractivity (Wildman–Crippen MR) is 84.8 cm³/mol. The van der Waals surface area contributed by atoms with Crippen molar-refractivity contribution >= 4 is 5.91 Å². The Hall–Kier alpha value is -2.21. The molecule has 0 bridgehead atoms. The van der Waals surface area contributed by atoms with Gasteiger partial charge in [-0.1, -0.05) is 35.0 Å². The third-order valence-electron chi connectivity index (χ3n) is 3.89. The monoisotopic (exact) mass is 315 g/mol. The number of carbonyl (C=O) groups excluding carboxylic acids is 1. The normalized spacial score (nSPS) is 17.3. The van der Waals surface area contributed by atoms with Gasteiger partial charge in [-0.3, -0.25) is 4.79 Å². The molecule has 1 aliphatic heterocycles. The van der Waals surface area contributed by atoms with E-state index in [1.54, 1.807) is 0 Å². The number of aromatic nitrogens is 2. The fourth-order valence-electron chi connectivity index (χ4n) is 2.52. The fraction of sp³-hybridized carbons (Fsp3) is 0.471. The number of nitrogens with one attached hydrogen (secondary N) is 1. The van der Waals surface area contributed by atoms with Crippen molar-refractivity contribution in [2.45, 2.75) is 38.7 Å². The van der Waals surface area contributed by atoms with Crippen LogP contribution in [-0.2, 0) is 16.0 Å². The Kier molecular flexibility index (Phi) is 5.02. The summed E-state index contributed by atoms with van der Waals surface area (Å²) in [5.41, 5.74) is 2.09. The van der Waals surface area contributed by atoms with Crippen LogP contribution in [0.15, 0.2) is 28.8 Å². The molecule has 2 heterocycles. The van der Waals surface area contributed by atoms with Crippen LogP contribution >= 0.6 is 0 Å². The average molecular weight is 315 g/mol. The maximum absolute atomic E-state index is 11.8. The van der Waals surface area contributed by atoms with E-state index >= 15 is 0 Å². The summed E-state index contributed by atoms with van der Waals surface area (Å²) in [5, 5.41) is 6.85. The molecule has 23 heavy (non-hydrogen) atoms. The highest BCUT2D eigenvalue weighted by molar-refractivity contribution is 5.76. The first-order valence-electron chi connectivity index (χ1n) is 7.98. The molecule has 0 saturated carbocycles. The van der Waals surface area contributed by atoms with Crippen LogP contribution in [-0.4, -0.2) is 35.3 Å². The summed E-state index contributed by atoms with van der Waals surface area (Å²) in [6.07, 6.45) is 3.03. The highest BCUT2D eigenvalue weighted by Crippen LogP contribution is 2.16. The molecule has 0 aliphatic carbocycles. The SMILES string of the molecule is Cc1ccc(-c2noc(CCC(=O)NC[C@@H]3CCCO3)n2)cc1. The number of hydrogen-bond acceptors (Lipinski definition) is 5. The minimum absolute atomic E-state index is 0.0180. The van der Waals surface area contributed by atoms with Gasteiger partial charge in [0.1, 0.15) is 0 Å². The number of rotatable bonds is 6. The van der Waals surface area contributed by atoms with Crippen LogP contribution in [0, 0.1) is 6.92 Å².